The van der Waals surface area contributed by atoms with Crippen molar-refractivity contribution in [2.45, 2.75) is 13.5 Å². The molecule has 0 fully saturated rings. The van der Waals surface area contributed by atoms with Crippen LogP contribution in [0.15, 0.2) is 30.6 Å². The molecule has 2 rings (SSSR count). The Labute approximate surface area is 117 Å². The van der Waals surface area contributed by atoms with Crippen LogP contribution in [0.1, 0.15) is 12.6 Å². The number of nitrogens with zero attached hydrogens (tertiary/aromatic N) is 3. The fourth-order valence-corrected chi connectivity index (χ4v) is 1.84. The Kier molecular flexibility index (Phi) is 4.84. The fraction of sp³-hybridized carbons (Fsp3) is 0.357. The highest BCUT2D eigenvalue weighted by molar-refractivity contribution is 5.77. The molecule has 6 nitrogen and oxygen atoms in total. The van der Waals surface area contributed by atoms with Crippen LogP contribution >= 0.6 is 0 Å². The monoisotopic (exact) mass is 274 g/mol. The molecule has 0 unspecified atom stereocenters. The lowest BCUT2D eigenvalue weighted by atomic mass is 10.2. The van der Waals surface area contributed by atoms with Crippen molar-refractivity contribution in [3.05, 3.63) is 36.3 Å². The van der Waals surface area contributed by atoms with Gasteiger partial charge < -0.3 is 10.1 Å². The average molecular weight is 274 g/mol. The van der Waals surface area contributed by atoms with E-state index in [1.807, 2.05) is 32.2 Å². The molecule has 0 aliphatic rings. The Bertz CT molecular complexity index is 566. The number of hydrogen-bond acceptors (Lipinski definition) is 4. The second kappa shape index (κ2) is 6.81. The molecule has 106 valence electrons. The van der Waals surface area contributed by atoms with Gasteiger partial charge in [0.25, 0.3) is 0 Å². The van der Waals surface area contributed by atoms with Crippen LogP contribution in [0.4, 0.5) is 0 Å². The molecule has 0 saturated heterocycles. The third-order valence-electron chi connectivity index (χ3n) is 2.81. The Morgan fingerprint density at radius 3 is 2.85 bits per heavy atom. The van der Waals surface area contributed by atoms with Crippen LogP contribution in [0.2, 0.25) is 0 Å². The fourth-order valence-electron chi connectivity index (χ4n) is 1.84. The minimum atomic E-state index is -0.136. The van der Waals surface area contributed by atoms with Crippen LogP contribution in [0.25, 0.3) is 11.3 Å². The SMILES string of the molecule is CCOCC(=O)NCc1cc(-c2ccncc2)n(C)n1. The molecule has 2 aromatic heterocycles. The smallest absolute Gasteiger partial charge is 0.246 e. The zero-order valence-corrected chi connectivity index (χ0v) is 11.7. The molecule has 0 saturated carbocycles. The van der Waals surface area contributed by atoms with Gasteiger partial charge in [-0.3, -0.25) is 14.5 Å². The number of nitrogens with one attached hydrogen (secondary N) is 1. The molecule has 2 aromatic rings. The highest BCUT2D eigenvalue weighted by atomic mass is 16.5. The molecule has 1 N–H and O–H groups in total. The Morgan fingerprint density at radius 1 is 1.40 bits per heavy atom. The van der Waals surface area contributed by atoms with Gasteiger partial charge in [0.2, 0.25) is 5.91 Å². The summed E-state index contributed by atoms with van der Waals surface area (Å²) < 4.78 is 6.83. The van der Waals surface area contributed by atoms with Crippen molar-refractivity contribution in [2.75, 3.05) is 13.2 Å². The minimum Gasteiger partial charge on any atom is -0.372 e. The molecule has 0 spiro atoms. The van der Waals surface area contributed by atoms with Gasteiger partial charge in [-0.15, -0.1) is 0 Å². The second-order valence-electron chi connectivity index (χ2n) is 4.29. The third-order valence-corrected chi connectivity index (χ3v) is 2.81. The van der Waals surface area contributed by atoms with Crippen LogP contribution in [0, 0.1) is 0 Å². The van der Waals surface area contributed by atoms with E-state index in [9.17, 15) is 4.79 Å². The lowest BCUT2D eigenvalue weighted by molar-refractivity contribution is -0.125. The van der Waals surface area contributed by atoms with Crippen LogP contribution in [-0.2, 0) is 23.1 Å². The summed E-state index contributed by atoms with van der Waals surface area (Å²) in [5.41, 5.74) is 2.84. The molecular formula is C14H18N4O2. The van der Waals surface area contributed by atoms with Crippen molar-refractivity contribution in [2.24, 2.45) is 7.05 Å². The topological polar surface area (TPSA) is 69.0 Å². The van der Waals surface area contributed by atoms with Crippen LogP contribution in [0.5, 0.6) is 0 Å². The Hall–Kier alpha value is -2.21. The highest BCUT2D eigenvalue weighted by Crippen LogP contribution is 2.18. The van der Waals surface area contributed by atoms with E-state index >= 15 is 0 Å². The summed E-state index contributed by atoms with van der Waals surface area (Å²) in [7, 11) is 1.88. The predicted octanol–water partition coefficient (Wildman–Crippen LogP) is 1.13. The number of carbonyl (C=O) groups excluding carboxylic acids is 1. The van der Waals surface area contributed by atoms with Gasteiger partial charge >= 0.3 is 0 Å². The number of pyridine rings is 1. The normalized spacial score (nSPS) is 10.5. The first-order valence-corrected chi connectivity index (χ1v) is 6.48. The van der Waals surface area contributed by atoms with Crippen LogP contribution in [-0.4, -0.2) is 33.9 Å². The maximum Gasteiger partial charge on any atom is 0.246 e. The van der Waals surface area contributed by atoms with Crippen LogP contribution in [0.3, 0.4) is 0 Å². The molecule has 0 radical (unpaired) electrons. The molecule has 1 amide bonds. The summed E-state index contributed by atoms with van der Waals surface area (Å²) in [4.78, 5) is 15.5. The van der Waals surface area contributed by atoms with Gasteiger partial charge in [-0.1, -0.05) is 0 Å². The predicted molar refractivity (Wildman–Crippen MR) is 74.8 cm³/mol. The number of amides is 1. The quantitative estimate of drug-likeness (QED) is 0.857. The molecular weight excluding hydrogens is 256 g/mol. The summed E-state index contributed by atoms with van der Waals surface area (Å²) in [6.45, 7) is 2.86. The molecule has 0 aliphatic heterocycles. The molecule has 6 heteroatoms. The van der Waals surface area contributed by atoms with E-state index in [4.69, 9.17) is 4.74 Å². The van der Waals surface area contributed by atoms with Crippen molar-refractivity contribution >= 4 is 5.91 Å². The van der Waals surface area contributed by atoms with Crippen molar-refractivity contribution in [1.29, 1.82) is 0 Å². The number of rotatable bonds is 6. The van der Waals surface area contributed by atoms with Gasteiger partial charge in [0.15, 0.2) is 0 Å². The van der Waals surface area contributed by atoms with Crippen LogP contribution < -0.4 is 5.32 Å². The van der Waals surface area contributed by atoms with Gasteiger partial charge in [-0.05, 0) is 25.1 Å². The molecule has 20 heavy (non-hydrogen) atoms. The van der Waals surface area contributed by atoms with Gasteiger partial charge in [0, 0.05) is 31.6 Å². The zero-order chi connectivity index (χ0) is 14.4. The lowest BCUT2D eigenvalue weighted by Gasteiger charge is -2.02. The van der Waals surface area contributed by atoms with Crippen molar-refractivity contribution in [3.63, 3.8) is 0 Å². The van der Waals surface area contributed by atoms with E-state index < -0.39 is 0 Å². The maximum atomic E-state index is 11.5. The number of aryl methyl sites for hydroxylation is 1. The van der Waals surface area contributed by atoms with Crippen molar-refractivity contribution in [3.8, 4) is 11.3 Å². The van der Waals surface area contributed by atoms with Gasteiger partial charge in [0.05, 0.1) is 17.9 Å². The summed E-state index contributed by atoms with van der Waals surface area (Å²) in [6, 6.07) is 5.80. The molecule has 0 atom stereocenters. The molecule has 0 bridgehead atoms. The van der Waals surface area contributed by atoms with Gasteiger partial charge in [-0.25, -0.2) is 0 Å². The van der Waals surface area contributed by atoms with E-state index in [0.29, 0.717) is 13.2 Å². The van der Waals surface area contributed by atoms with Gasteiger partial charge in [-0.2, -0.15) is 5.10 Å². The van der Waals surface area contributed by atoms with E-state index in [2.05, 4.69) is 15.4 Å². The Balaban J connectivity index is 1.99. The number of aromatic nitrogens is 3. The highest BCUT2D eigenvalue weighted by Gasteiger charge is 2.08. The van der Waals surface area contributed by atoms with E-state index in [0.717, 1.165) is 17.0 Å². The van der Waals surface area contributed by atoms with E-state index in [1.54, 1.807) is 17.1 Å². The first-order valence-electron chi connectivity index (χ1n) is 6.48. The molecule has 0 aromatic carbocycles. The molecule has 2 heterocycles. The van der Waals surface area contributed by atoms with Gasteiger partial charge in [0.1, 0.15) is 6.61 Å². The maximum absolute atomic E-state index is 11.5. The first kappa shape index (κ1) is 14.2. The lowest BCUT2D eigenvalue weighted by Crippen LogP contribution is -2.27. The summed E-state index contributed by atoms with van der Waals surface area (Å²) in [5, 5.41) is 7.15. The molecule has 0 aliphatic carbocycles. The minimum absolute atomic E-state index is 0.0839. The standard InChI is InChI=1S/C14H18N4O2/c1-3-20-10-14(19)16-9-12-8-13(18(2)17-12)11-4-6-15-7-5-11/h4-8H,3,9-10H2,1-2H3,(H,16,19). The average Bonchev–Trinajstić information content (AvgIpc) is 2.85. The van der Waals surface area contributed by atoms with Crippen molar-refractivity contribution < 1.29 is 9.53 Å². The third kappa shape index (κ3) is 3.64. The number of carbonyl (C=O) groups is 1. The number of hydrogen-bond donors (Lipinski definition) is 1. The summed E-state index contributed by atoms with van der Waals surface area (Å²) in [5.74, 6) is -0.136. The van der Waals surface area contributed by atoms with Crippen molar-refractivity contribution in [1.82, 2.24) is 20.1 Å². The summed E-state index contributed by atoms with van der Waals surface area (Å²) >= 11 is 0. The van der Waals surface area contributed by atoms with E-state index in [1.165, 1.54) is 0 Å². The first-order chi connectivity index (χ1) is 9.70. The zero-order valence-electron chi connectivity index (χ0n) is 11.7. The largest absolute Gasteiger partial charge is 0.372 e. The second-order valence-corrected chi connectivity index (χ2v) is 4.29. The van der Waals surface area contributed by atoms with E-state index in [-0.39, 0.29) is 12.5 Å². The summed E-state index contributed by atoms with van der Waals surface area (Å²) in [6.07, 6.45) is 3.48. The number of ether oxygens (including phenoxy) is 1. The Morgan fingerprint density at radius 2 is 2.15 bits per heavy atom.